The van der Waals surface area contributed by atoms with Crippen LogP contribution in [0.25, 0.3) is 16.8 Å². The van der Waals surface area contributed by atoms with Crippen LogP contribution in [0, 0.1) is 5.92 Å². The molecule has 3 fully saturated rings. The van der Waals surface area contributed by atoms with Crippen LogP contribution in [0.15, 0.2) is 55.1 Å². The number of ether oxygens (including phenoxy) is 1. The van der Waals surface area contributed by atoms with E-state index in [0.717, 1.165) is 49.3 Å². The van der Waals surface area contributed by atoms with E-state index in [-0.39, 0.29) is 0 Å². The summed E-state index contributed by atoms with van der Waals surface area (Å²) in [6, 6.07) is 18.3. The Balaban J connectivity index is 1.15. The largest absolute Gasteiger partial charge is 0.490 e. The third-order valence-corrected chi connectivity index (χ3v) is 7.96. The zero-order valence-corrected chi connectivity index (χ0v) is 19.6. The maximum Gasteiger partial charge on any atom is 0.119 e. The predicted molar refractivity (Wildman–Crippen MR) is 134 cm³/mol. The standard InChI is InChI=1S/C29H38N2O/c1-22-6-5-7-29(22)31-20-16-28(17-21-31)32-27-14-12-26(13-15-27)25-10-8-24(9-11-25)23(2)30-18-3-4-19-30/h8-15,22,28-29H,2-7,16-21H2,1H3. The molecule has 0 amide bonds. The second-order valence-corrected chi connectivity index (χ2v) is 10.1. The van der Waals surface area contributed by atoms with Crippen LogP contribution >= 0.6 is 0 Å². The highest BCUT2D eigenvalue weighted by Crippen LogP contribution is 2.32. The van der Waals surface area contributed by atoms with Crippen LogP contribution in [-0.2, 0) is 0 Å². The van der Waals surface area contributed by atoms with E-state index in [1.807, 2.05) is 0 Å². The quantitative estimate of drug-likeness (QED) is 0.524. The lowest BCUT2D eigenvalue weighted by Gasteiger charge is -2.37. The lowest BCUT2D eigenvalue weighted by molar-refractivity contribution is 0.0656. The van der Waals surface area contributed by atoms with Crippen molar-refractivity contribution in [2.45, 2.75) is 64.0 Å². The second kappa shape index (κ2) is 9.70. The summed E-state index contributed by atoms with van der Waals surface area (Å²) >= 11 is 0. The van der Waals surface area contributed by atoms with E-state index in [0.29, 0.717) is 6.10 Å². The van der Waals surface area contributed by atoms with Crippen molar-refractivity contribution in [1.29, 1.82) is 0 Å². The number of benzene rings is 2. The van der Waals surface area contributed by atoms with Gasteiger partial charge in [0.25, 0.3) is 0 Å². The third kappa shape index (κ3) is 4.73. The van der Waals surface area contributed by atoms with Gasteiger partial charge in [-0.25, -0.2) is 0 Å². The van der Waals surface area contributed by atoms with Crippen LogP contribution < -0.4 is 4.74 Å². The molecule has 2 unspecified atom stereocenters. The van der Waals surface area contributed by atoms with Crippen molar-refractivity contribution in [3.8, 4) is 16.9 Å². The predicted octanol–water partition coefficient (Wildman–Crippen LogP) is 6.45. The molecule has 3 aliphatic rings. The summed E-state index contributed by atoms with van der Waals surface area (Å²) in [5, 5.41) is 0. The molecule has 0 bridgehead atoms. The van der Waals surface area contributed by atoms with E-state index in [1.165, 1.54) is 61.9 Å². The SMILES string of the molecule is C=C(c1ccc(-c2ccc(OC3CCN(C4CCCC4C)CC3)cc2)cc1)N1CCCC1. The number of piperidine rings is 1. The lowest BCUT2D eigenvalue weighted by atomic mass is 10.00. The Kier molecular flexibility index (Phi) is 6.54. The van der Waals surface area contributed by atoms with Crippen molar-refractivity contribution >= 4 is 5.70 Å². The van der Waals surface area contributed by atoms with Gasteiger partial charge in [-0.3, -0.25) is 4.90 Å². The van der Waals surface area contributed by atoms with Crippen molar-refractivity contribution in [1.82, 2.24) is 9.80 Å². The fourth-order valence-corrected chi connectivity index (χ4v) is 5.94. The zero-order valence-electron chi connectivity index (χ0n) is 19.6. The monoisotopic (exact) mass is 430 g/mol. The Hall–Kier alpha value is -2.26. The van der Waals surface area contributed by atoms with Crippen molar-refractivity contribution in [3.63, 3.8) is 0 Å². The van der Waals surface area contributed by atoms with Gasteiger partial charge in [0, 0.05) is 37.9 Å². The Bertz CT molecular complexity index is 890. The Morgan fingerprint density at radius 1 is 0.781 bits per heavy atom. The summed E-state index contributed by atoms with van der Waals surface area (Å²) in [6.45, 7) is 11.4. The van der Waals surface area contributed by atoms with Gasteiger partial charge in [-0.2, -0.15) is 0 Å². The fourth-order valence-electron chi connectivity index (χ4n) is 5.94. The first-order valence-electron chi connectivity index (χ1n) is 12.7. The number of nitrogens with zero attached hydrogens (tertiary/aromatic N) is 2. The number of hydrogen-bond acceptors (Lipinski definition) is 3. The average molecular weight is 431 g/mol. The topological polar surface area (TPSA) is 15.7 Å². The fraction of sp³-hybridized carbons (Fsp3) is 0.517. The van der Waals surface area contributed by atoms with Gasteiger partial charge in [0.1, 0.15) is 11.9 Å². The molecule has 32 heavy (non-hydrogen) atoms. The smallest absolute Gasteiger partial charge is 0.119 e. The van der Waals surface area contributed by atoms with E-state index in [9.17, 15) is 0 Å². The molecular weight excluding hydrogens is 392 g/mol. The van der Waals surface area contributed by atoms with Gasteiger partial charge >= 0.3 is 0 Å². The van der Waals surface area contributed by atoms with Crippen LogP contribution in [0.1, 0.15) is 57.4 Å². The Labute approximate surface area is 194 Å². The van der Waals surface area contributed by atoms with Crippen LogP contribution in [0.4, 0.5) is 0 Å². The summed E-state index contributed by atoms with van der Waals surface area (Å²) in [4.78, 5) is 5.13. The Morgan fingerprint density at radius 3 is 2.00 bits per heavy atom. The average Bonchev–Trinajstić information content (AvgIpc) is 3.52. The first-order valence-corrected chi connectivity index (χ1v) is 12.7. The molecule has 2 aromatic rings. The first-order chi connectivity index (χ1) is 15.7. The van der Waals surface area contributed by atoms with E-state index < -0.39 is 0 Å². The molecule has 2 atom stereocenters. The summed E-state index contributed by atoms with van der Waals surface area (Å²) < 4.78 is 6.35. The molecule has 1 saturated carbocycles. The molecule has 2 aromatic carbocycles. The molecule has 1 aliphatic carbocycles. The highest BCUT2D eigenvalue weighted by molar-refractivity contribution is 5.69. The summed E-state index contributed by atoms with van der Waals surface area (Å²) in [5.74, 6) is 1.87. The van der Waals surface area contributed by atoms with E-state index >= 15 is 0 Å². The van der Waals surface area contributed by atoms with Crippen molar-refractivity contribution in [3.05, 3.63) is 60.7 Å². The van der Waals surface area contributed by atoms with Crippen LogP contribution in [-0.4, -0.2) is 48.1 Å². The maximum absolute atomic E-state index is 6.35. The van der Waals surface area contributed by atoms with Gasteiger partial charge in [0.2, 0.25) is 0 Å². The van der Waals surface area contributed by atoms with Crippen molar-refractivity contribution in [2.75, 3.05) is 26.2 Å². The summed E-state index contributed by atoms with van der Waals surface area (Å²) in [6.07, 6.45) is 9.41. The third-order valence-electron chi connectivity index (χ3n) is 7.96. The van der Waals surface area contributed by atoms with Gasteiger partial charge in [0.05, 0.1) is 0 Å². The maximum atomic E-state index is 6.35. The van der Waals surface area contributed by atoms with E-state index in [1.54, 1.807) is 0 Å². The van der Waals surface area contributed by atoms with Gasteiger partial charge in [0.15, 0.2) is 0 Å². The molecule has 0 spiro atoms. The van der Waals surface area contributed by atoms with Crippen LogP contribution in [0.2, 0.25) is 0 Å². The molecule has 5 rings (SSSR count). The molecule has 0 radical (unpaired) electrons. The molecule has 0 N–H and O–H groups in total. The molecule has 3 heteroatoms. The normalized spacial score (nSPS) is 24.7. The minimum Gasteiger partial charge on any atom is -0.490 e. The zero-order chi connectivity index (χ0) is 21.9. The molecule has 170 valence electrons. The second-order valence-electron chi connectivity index (χ2n) is 10.1. The molecule has 3 nitrogen and oxygen atoms in total. The van der Waals surface area contributed by atoms with E-state index in [2.05, 4.69) is 71.8 Å². The number of likely N-dealkylation sites (tertiary alicyclic amines) is 2. The summed E-state index contributed by atoms with van der Waals surface area (Å²) in [7, 11) is 0. The lowest BCUT2D eigenvalue weighted by Crippen LogP contribution is -2.45. The highest BCUT2D eigenvalue weighted by Gasteiger charge is 2.32. The minimum absolute atomic E-state index is 0.352. The molecule has 0 aromatic heterocycles. The van der Waals surface area contributed by atoms with Crippen molar-refractivity contribution in [2.24, 2.45) is 5.92 Å². The molecule has 2 saturated heterocycles. The number of hydrogen-bond donors (Lipinski definition) is 0. The highest BCUT2D eigenvalue weighted by atomic mass is 16.5. The van der Waals surface area contributed by atoms with Gasteiger partial charge < -0.3 is 9.64 Å². The van der Waals surface area contributed by atoms with Crippen molar-refractivity contribution < 1.29 is 4.74 Å². The van der Waals surface area contributed by atoms with Crippen LogP contribution in [0.3, 0.4) is 0 Å². The summed E-state index contributed by atoms with van der Waals surface area (Å²) in [5.41, 5.74) is 4.87. The van der Waals surface area contributed by atoms with Gasteiger partial charge in [-0.05, 0) is 73.3 Å². The molecule has 2 aliphatic heterocycles. The first kappa shape index (κ1) is 21.6. The molecule has 2 heterocycles. The van der Waals surface area contributed by atoms with Crippen LogP contribution in [0.5, 0.6) is 5.75 Å². The Morgan fingerprint density at radius 2 is 1.41 bits per heavy atom. The minimum atomic E-state index is 0.352. The van der Waals surface area contributed by atoms with E-state index in [4.69, 9.17) is 4.74 Å². The van der Waals surface area contributed by atoms with Gasteiger partial charge in [-0.15, -0.1) is 0 Å². The number of rotatable bonds is 6. The van der Waals surface area contributed by atoms with Gasteiger partial charge in [-0.1, -0.05) is 56.3 Å². The molecular formula is C29H38N2O.